The SMILES string of the molecule is C=CCNC(=O)CN1CCC(C)C(O)C1. The first-order chi connectivity index (χ1) is 7.13. The van der Waals surface area contributed by atoms with Gasteiger partial charge in [-0.05, 0) is 18.9 Å². The Labute approximate surface area is 91.0 Å². The predicted octanol–water partition coefficient (Wildman–Crippen LogP) is -0.00870. The highest BCUT2D eigenvalue weighted by molar-refractivity contribution is 5.78. The molecule has 0 spiro atoms. The van der Waals surface area contributed by atoms with E-state index in [-0.39, 0.29) is 12.0 Å². The fourth-order valence-electron chi connectivity index (χ4n) is 1.70. The summed E-state index contributed by atoms with van der Waals surface area (Å²) in [5.41, 5.74) is 0. The molecular formula is C11H20N2O2. The van der Waals surface area contributed by atoms with Gasteiger partial charge in [0.05, 0.1) is 12.6 Å². The molecule has 0 aromatic rings. The molecule has 0 aromatic carbocycles. The number of β-amino-alcohol motifs (C(OH)–C–C–N with tert-alkyl or cyclic N) is 1. The van der Waals surface area contributed by atoms with Crippen molar-refractivity contribution in [3.05, 3.63) is 12.7 Å². The lowest BCUT2D eigenvalue weighted by atomic mass is 9.96. The third-order valence-electron chi connectivity index (χ3n) is 2.81. The Morgan fingerprint density at radius 2 is 2.47 bits per heavy atom. The normalized spacial score (nSPS) is 27.3. The highest BCUT2D eigenvalue weighted by atomic mass is 16.3. The van der Waals surface area contributed by atoms with E-state index >= 15 is 0 Å². The van der Waals surface area contributed by atoms with Crippen molar-refractivity contribution in [2.24, 2.45) is 5.92 Å². The van der Waals surface area contributed by atoms with Crippen LogP contribution in [0.1, 0.15) is 13.3 Å². The first-order valence-corrected chi connectivity index (χ1v) is 5.41. The van der Waals surface area contributed by atoms with Crippen molar-refractivity contribution < 1.29 is 9.90 Å². The lowest BCUT2D eigenvalue weighted by Gasteiger charge is -2.33. The zero-order valence-corrected chi connectivity index (χ0v) is 9.28. The zero-order chi connectivity index (χ0) is 11.3. The molecule has 1 saturated heterocycles. The molecule has 1 rings (SSSR count). The van der Waals surface area contributed by atoms with Crippen molar-refractivity contribution in [2.45, 2.75) is 19.4 Å². The van der Waals surface area contributed by atoms with Gasteiger partial charge < -0.3 is 10.4 Å². The van der Waals surface area contributed by atoms with Gasteiger partial charge in [-0.2, -0.15) is 0 Å². The quantitative estimate of drug-likeness (QED) is 0.645. The fraction of sp³-hybridized carbons (Fsp3) is 0.727. The van der Waals surface area contributed by atoms with Gasteiger partial charge in [-0.3, -0.25) is 9.69 Å². The standard InChI is InChI=1S/C11H20N2O2/c1-3-5-12-11(15)8-13-6-4-9(2)10(14)7-13/h3,9-10,14H,1,4-8H2,2H3,(H,12,15). The molecule has 4 nitrogen and oxygen atoms in total. The largest absolute Gasteiger partial charge is 0.392 e. The maximum atomic E-state index is 11.4. The molecule has 2 N–H and O–H groups in total. The summed E-state index contributed by atoms with van der Waals surface area (Å²) in [6.45, 7) is 7.94. The molecular weight excluding hydrogens is 192 g/mol. The Balaban J connectivity index is 2.27. The average Bonchev–Trinajstić information content (AvgIpc) is 2.20. The van der Waals surface area contributed by atoms with Crippen LogP contribution in [0.5, 0.6) is 0 Å². The third-order valence-corrected chi connectivity index (χ3v) is 2.81. The number of rotatable bonds is 4. The van der Waals surface area contributed by atoms with Crippen molar-refractivity contribution in [3.63, 3.8) is 0 Å². The van der Waals surface area contributed by atoms with Gasteiger partial charge in [0.15, 0.2) is 0 Å². The van der Waals surface area contributed by atoms with Crippen LogP contribution < -0.4 is 5.32 Å². The Morgan fingerprint density at radius 1 is 1.73 bits per heavy atom. The average molecular weight is 212 g/mol. The molecule has 0 radical (unpaired) electrons. The van der Waals surface area contributed by atoms with Crippen molar-refractivity contribution in [1.29, 1.82) is 0 Å². The molecule has 2 unspecified atom stereocenters. The molecule has 0 saturated carbocycles. The first kappa shape index (κ1) is 12.2. The van der Waals surface area contributed by atoms with Crippen molar-refractivity contribution in [2.75, 3.05) is 26.2 Å². The van der Waals surface area contributed by atoms with Gasteiger partial charge in [0, 0.05) is 13.1 Å². The van der Waals surface area contributed by atoms with Gasteiger partial charge in [0.2, 0.25) is 5.91 Å². The lowest BCUT2D eigenvalue weighted by Crippen LogP contribution is -2.47. The highest BCUT2D eigenvalue weighted by Gasteiger charge is 2.24. The molecule has 1 fully saturated rings. The second-order valence-corrected chi connectivity index (χ2v) is 4.16. The molecule has 1 aliphatic rings. The maximum Gasteiger partial charge on any atom is 0.234 e. The Kier molecular flexibility index (Phi) is 4.78. The number of carbonyl (C=O) groups is 1. The van der Waals surface area contributed by atoms with E-state index in [2.05, 4.69) is 11.9 Å². The van der Waals surface area contributed by atoms with E-state index in [4.69, 9.17) is 0 Å². The number of carbonyl (C=O) groups excluding carboxylic acids is 1. The number of nitrogens with one attached hydrogen (secondary N) is 1. The summed E-state index contributed by atoms with van der Waals surface area (Å²) in [5.74, 6) is 0.342. The third kappa shape index (κ3) is 4.01. The Morgan fingerprint density at radius 3 is 3.07 bits per heavy atom. The Bertz CT molecular complexity index is 231. The monoisotopic (exact) mass is 212 g/mol. The van der Waals surface area contributed by atoms with E-state index in [1.165, 1.54) is 0 Å². The summed E-state index contributed by atoms with van der Waals surface area (Å²) in [6, 6.07) is 0. The minimum Gasteiger partial charge on any atom is -0.392 e. The first-order valence-electron chi connectivity index (χ1n) is 5.41. The number of likely N-dealkylation sites (tertiary alicyclic amines) is 1. The zero-order valence-electron chi connectivity index (χ0n) is 9.28. The number of piperidine rings is 1. The number of aliphatic hydroxyl groups is 1. The fourth-order valence-corrected chi connectivity index (χ4v) is 1.70. The number of aliphatic hydroxyl groups excluding tert-OH is 1. The van der Waals surface area contributed by atoms with Gasteiger partial charge in [0.25, 0.3) is 0 Å². The maximum absolute atomic E-state index is 11.4. The molecule has 1 heterocycles. The number of nitrogens with zero attached hydrogens (tertiary/aromatic N) is 1. The van der Waals surface area contributed by atoms with Crippen LogP contribution in [-0.2, 0) is 4.79 Å². The van der Waals surface area contributed by atoms with Crippen LogP contribution in [0.25, 0.3) is 0 Å². The predicted molar refractivity (Wildman–Crippen MR) is 59.4 cm³/mol. The summed E-state index contributed by atoms with van der Waals surface area (Å²) >= 11 is 0. The van der Waals surface area contributed by atoms with Crippen LogP contribution in [0.3, 0.4) is 0 Å². The summed E-state index contributed by atoms with van der Waals surface area (Å²) in [5, 5.41) is 12.4. The van der Waals surface area contributed by atoms with E-state index in [0.717, 1.165) is 13.0 Å². The minimum absolute atomic E-state index is 0.00310. The van der Waals surface area contributed by atoms with E-state index in [0.29, 0.717) is 25.6 Å². The van der Waals surface area contributed by atoms with E-state index in [9.17, 15) is 9.90 Å². The summed E-state index contributed by atoms with van der Waals surface area (Å²) < 4.78 is 0. The Hall–Kier alpha value is -0.870. The van der Waals surface area contributed by atoms with Crippen LogP contribution in [-0.4, -0.2) is 48.2 Å². The molecule has 2 atom stereocenters. The molecule has 0 bridgehead atoms. The second kappa shape index (κ2) is 5.88. The van der Waals surface area contributed by atoms with Crippen LogP contribution in [0.2, 0.25) is 0 Å². The second-order valence-electron chi connectivity index (χ2n) is 4.16. The molecule has 1 aliphatic heterocycles. The van der Waals surface area contributed by atoms with Crippen LogP contribution >= 0.6 is 0 Å². The molecule has 0 aliphatic carbocycles. The van der Waals surface area contributed by atoms with Gasteiger partial charge in [-0.25, -0.2) is 0 Å². The number of hydrogen-bond acceptors (Lipinski definition) is 3. The number of amides is 1. The van der Waals surface area contributed by atoms with Crippen molar-refractivity contribution in [3.8, 4) is 0 Å². The number of hydrogen-bond donors (Lipinski definition) is 2. The van der Waals surface area contributed by atoms with Gasteiger partial charge in [0.1, 0.15) is 0 Å². The van der Waals surface area contributed by atoms with Crippen LogP contribution in [0.4, 0.5) is 0 Å². The van der Waals surface area contributed by atoms with E-state index in [1.807, 2.05) is 11.8 Å². The summed E-state index contributed by atoms with van der Waals surface area (Å²) in [6.07, 6.45) is 2.31. The van der Waals surface area contributed by atoms with Crippen molar-refractivity contribution >= 4 is 5.91 Å². The van der Waals surface area contributed by atoms with Gasteiger partial charge in [-0.15, -0.1) is 6.58 Å². The molecule has 4 heteroatoms. The van der Waals surface area contributed by atoms with Crippen molar-refractivity contribution in [1.82, 2.24) is 10.2 Å². The molecule has 0 aromatic heterocycles. The topological polar surface area (TPSA) is 52.6 Å². The summed E-state index contributed by atoms with van der Waals surface area (Å²) in [4.78, 5) is 13.4. The highest BCUT2D eigenvalue weighted by Crippen LogP contribution is 2.16. The molecule has 15 heavy (non-hydrogen) atoms. The molecule has 86 valence electrons. The van der Waals surface area contributed by atoms with E-state index < -0.39 is 0 Å². The molecule has 1 amide bonds. The van der Waals surface area contributed by atoms with E-state index in [1.54, 1.807) is 6.08 Å². The minimum atomic E-state index is -0.300. The van der Waals surface area contributed by atoms with Gasteiger partial charge in [-0.1, -0.05) is 13.0 Å². The van der Waals surface area contributed by atoms with Crippen LogP contribution in [0, 0.1) is 5.92 Å². The smallest absolute Gasteiger partial charge is 0.234 e. The lowest BCUT2D eigenvalue weighted by molar-refractivity contribution is -0.123. The summed E-state index contributed by atoms with van der Waals surface area (Å²) in [7, 11) is 0. The van der Waals surface area contributed by atoms with Crippen LogP contribution in [0.15, 0.2) is 12.7 Å². The van der Waals surface area contributed by atoms with Gasteiger partial charge >= 0.3 is 0 Å².